The van der Waals surface area contributed by atoms with Crippen molar-refractivity contribution < 1.29 is 28.1 Å². The summed E-state index contributed by atoms with van der Waals surface area (Å²) in [5.41, 5.74) is 9.49. The number of nitrogens with zero attached hydrogens (tertiary/aromatic N) is 1. The predicted molar refractivity (Wildman–Crippen MR) is 182 cm³/mol. The maximum absolute atomic E-state index is 11.7. The third-order valence-electron chi connectivity index (χ3n) is 5.79. The highest BCUT2D eigenvalue weighted by Gasteiger charge is 2.18. The second-order valence-electron chi connectivity index (χ2n) is 9.55. The van der Waals surface area contributed by atoms with Crippen molar-refractivity contribution in [2.24, 2.45) is 5.73 Å². The predicted octanol–water partition coefficient (Wildman–Crippen LogP) is 8.21. The van der Waals surface area contributed by atoms with E-state index in [4.69, 9.17) is 54.9 Å². The van der Waals surface area contributed by atoms with Crippen LogP contribution in [0, 0.1) is 20.4 Å². The lowest BCUT2D eigenvalue weighted by molar-refractivity contribution is 0.0590. The Hall–Kier alpha value is -2.32. The van der Waals surface area contributed by atoms with Gasteiger partial charge in [0.15, 0.2) is 5.69 Å². The zero-order chi connectivity index (χ0) is 32.8. The molecule has 0 aliphatic rings. The first-order valence-corrected chi connectivity index (χ1v) is 17.5. The van der Waals surface area contributed by atoms with Crippen molar-refractivity contribution in [3.8, 4) is 0 Å². The number of ether oxygens (including phenoxy) is 2. The lowest BCUT2D eigenvalue weighted by Gasteiger charge is -2.15. The van der Waals surface area contributed by atoms with E-state index in [1.807, 2.05) is 67.5 Å². The molecule has 0 aliphatic carbocycles. The minimum Gasteiger partial charge on any atom is -0.465 e. The molecule has 0 heterocycles. The van der Waals surface area contributed by atoms with Gasteiger partial charge in [-0.2, -0.15) is 0 Å². The van der Waals surface area contributed by atoms with Crippen molar-refractivity contribution in [2.75, 3.05) is 27.4 Å². The molecular weight excluding hydrogens is 612 g/mol. The van der Waals surface area contributed by atoms with E-state index in [9.17, 15) is 9.59 Å². The molecule has 0 saturated carbocycles. The van der Waals surface area contributed by atoms with Crippen LogP contribution in [0.4, 0.5) is 5.69 Å². The average molecular weight is 655 g/mol. The van der Waals surface area contributed by atoms with Gasteiger partial charge in [-0.25, -0.2) is 14.4 Å². The summed E-state index contributed by atoms with van der Waals surface area (Å²) in [7, 11) is 2.72. The topological polar surface area (TPSA) is 101 Å². The fourth-order valence-corrected chi connectivity index (χ4v) is 6.00. The van der Waals surface area contributed by atoms with Gasteiger partial charge in [-0.05, 0) is 85.7 Å². The molecule has 0 amide bonds. The maximum atomic E-state index is 11.7. The summed E-state index contributed by atoms with van der Waals surface area (Å²) >= 11 is 13.9. The first kappa shape index (κ1) is 39.7. The van der Waals surface area contributed by atoms with Crippen LogP contribution in [0.25, 0.3) is 4.85 Å². The summed E-state index contributed by atoms with van der Waals surface area (Å²) in [6, 6.07) is 7.18. The number of hydrogen-bond donors (Lipinski definition) is 2. The second-order valence-corrected chi connectivity index (χ2v) is 15.3. The lowest BCUT2D eigenvalue weighted by Crippen LogP contribution is -2.15. The van der Waals surface area contributed by atoms with Crippen LogP contribution < -0.4 is 5.73 Å². The van der Waals surface area contributed by atoms with Crippen molar-refractivity contribution in [3.05, 3.63) is 74.6 Å². The Morgan fingerprint density at radius 1 is 0.881 bits per heavy atom. The van der Waals surface area contributed by atoms with Crippen LogP contribution in [0.5, 0.6) is 0 Å². The summed E-state index contributed by atoms with van der Waals surface area (Å²) in [5.74, 6) is -0.268. The number of hydrogen-bond acceptors (Lipinski definition) is 8. The number of esters is 2. The molecule has 8 nitrogen and oxygen atoms in total. The standard InChI is InChI=1S/C13H17NO2S.C13H15NO2.C4H11O2PS2/c1-7(2)9-5-8(3)10(12(14)17)6-11(9)13(15)16-4;1-8(2)10-6-9(3)12(14-4)7-11(10)13(15)16-5;1-3-5-7(8,9)6-4-2/h5-7H,1-4H3,(H2,14,17);6-8H,1-3,5H3;3-4H2,1-2H3,(H,8,9). The Balaban J connectivity index is 0.000000631. The molecule has 0 aromatic heterocycles. The fraction of sp³-hybridized carbons (Fsp3) is 0.467. The van der Waals surface area contributed by atoms with Gasteiger partial charge < -0.3 is 24.3 Å². The first-order valence-electron chi connectivity index (χ1n) is 13.3. The van der Waals surface area contributed by atoms with E-state index in [0.717, 1.165) is 27.8 Å². The Morgan fingerprint density at radius 2 is 1.29 bits per heavy atom. The number of thiol groups is 1. The van der Waals surface area contributed by atoms with Gasteiger partial charge in [0.1, 0.15) is 4.99 Å². The van der Waals surface area contributed by atoms with E-state index in [1.165, 1.54) is 14.2 Å². The minimum atomic E-state index is -2.16. The number of thiocarbonyl (C=S) groups is 1. The molecule has 232 valence electrons. The van der Waals surface area contributed by atoms with Crippen molar-refractivity contribution >= 4 is 64.6 Å². The van der Waals surface area contributed by atoms with E-state index >= 15 is 0 Å². The molecule has 2 rings (SSSR count). The molecule has 0 radical (unpaired) electrons. The zero-order valence-electron chi connectivity index (χ0n) is 26.1. The third kappa shape index (κ3) is 12.5. The highest BCUT2D eigenvalue weighted by atomic mass is 32.9. The van der Waals surface area contributed by atoms with Crippen LogP contribution in [-0.4, -0.2) is 44.4 Å². The van der Waals surface area contributed by atoms with Crippen LogP contribution in [0.3, 0.4) is 0 Å². The van der Waals surface area contributed by atoms with Crippen molar-refractivity contribution in [3.63, 3.8) is 0 Å². The zero-order valence-corrected chi connectivity index (χ0v) is 29.5. The minimum absolute atomic E-state index is 0.229. The molecule has 42 heavy (non-hydrogen) atoms. The molecule has 0 spiro atoms. The molecule has 0 atom stereocenters. The van der Waals surface area contributed by atoms with Gasteiger partial charge in [0.25, 0.3) is 0 Å². The highest BCUT2D eigenvalue weighted by Crippen LogP contribution is 2.52. The molecule has 2 N–H and O–H groups in total. The maximum Gasteiger partial charge on any atom is 0.338 e. The van der Waals surface area contributed by atoms with Crippen LogP contribution >= 0.6 is 30.2 Å². The summed E-state index contributed by atoms with van der Waals surface area (Å²) in [6.45, 7) is 23.8. The molecule has 0 aliphatic heterocycles. The molecule has 0 fully saturated rings. The molecule has 0 saturated heterocycles. The van der Waals surface area contributed by atoms with Gasteiger partial charge in [0, 0.05) is 5.56 Å². The van der Waals surface area contributed by atoms with E-state index in [2.05, 4.69) is 17.1 Å². The first-order chi connectivity index (χ1) is 19.5. The molecule has 12 heteroatoms. The summed E-state index contributed by atoms with van der Waals surface area (Å²) in [4.78, 5) is 27.0. The monoisotopic (exact) mass is 654 g/mol. The summed E-state index contributed by atoms with van der Waals surface area (Å²) in [5, 5.41) is 0. The highest BCUT2D eigenvalue weighted by molar-refractivity contribution is 8.60. The number of carbonyl (C=O) groups is 2. The van der Waals surface area contributed by atoms with Gasteiger partial charge >= 0.3 is 11.9 Å². The van der Waals surface area contributed by atoms with Crippen LogP contribution in [0.15, 0.2) is 24.3 Å². The summed E-state index contributed by atoms with van der Waals surface area (Å²) < 4.78 is 19.6. The normalized spacial score (nSPS) is 10.6. The Morgan fingerprint density at radius 3 is 1.62 bits per heavy atom. The van der Waals surface area contributed by atoms with E-state index in [-0.39, 0.29) is 23.8 Å². The molecule has 2 aromatic rings. The van der Waals surface area contributed by atoms with E-state index < -0.39 is 5.69 Å². The van der Waals surface area contributed by atoms with Gasteiger partial charge in [0.2, 0.25) is 5.69 Å². The van der Waals surface area contributed by atoms with E-state index in [1.54, 1.807) is 12.1 Å². The van der Waals surface area contributed by atoms with Crippen LogP contribution in [0.1, 0.15) is 102 Å². The quantitative estimate of drug-likeness (QED) is 0.0911. The second kappa shape index (κ2) is 19.1. The van der Waals surface area contributed by atoms with Crippen molar-refractivity contribution in [1.82, 2.24) is 0 Å². The summed E-state index contributed by atoms with van der Waals surface area (Å²) in [6.07, 6.45) is 0. The van der Waals surface area contributed by atoms with Gasteiger partial charge in [0.05, 0.1) is 45.1 Å². The number of benzene rings is 2. The largest absolute Gasteiger partial charge is 0.465 e. The third-order valence-corrected chi connectivity index (χ3v) is 8.50. The molecule has 0 unspecified atom stereocenters. The van der Waals surface area contributed by atoms with Crippen molar-refractivity contribution in [2.45, 2.75) is 67.2 Å². The Labute approximate surface area is 266 Å². The van der Waals surface area contributed by atoms with Crippen molar-refractivity contribution in [1.29, 1.82) is 0 Å². The average Bonchev–Trinajstić information content (AvgIpc) is 2.92. The SMILES string of the molecule is CCOP(=S)(S)OCC.COC(=O)c1cc(C(N)=S)c(C)cc1C(C)C.[C-]#[N+]c1cc(C(=O)OC)c(C(C)C)cc1C. The fourth-order valence-electron chi connectivity index (χ4n) is 3.73. The van der Waals surface area contributed by atoms with E-state index in [0.29, 0.717) is 35.0 Å². The molecular formula is C30H43N2O6PS3. The number of methoxy groups -OCH3 is 2. The van der Waals surface area contributed by atoms with Gasteiger partial charge in [-0.15, -0.1) is 0 Å². The number of aryl methyl sites for hydroxylation is 2. The smallest absolute Gasteiger partial charge is 0.338 e. The van der Waals surface area contributed by atoms with Crippen LogP contribution in [-0.2, 0) is 30.3 Å². The molecule has 0 bridgehead atoms. The Bertz CT molecular complexity index is 1330. The lowest BCUT2D eigenvalue weighted by atomic mass is 9.92. The van der Waals surface area contributed by atoms with Gasteiger partial charge in [-0.1, -0.05) is 64.3 Å². The Kier molecular flexibility index (Phi) is 18.0. The van der Waals surface area contributed by atoms with Gasteiger partial charge in [-0.3, -0.25) is 0 Å². The number of rotatable bonds is 9. The molecule has 2 aromatic carbocycles. The number of nitrogens with two attached hydrogens (primary N) is 1. The van der Waals surface area contributed by atoms with Crippen LogP contribution in [0.2, 0.25) is 0 Å². The number of carbonyl (C=O) groups excluding carboxylic acids is 2.